The molecule has 42 heavy (non-hydrogen) atoms. The highest BCUT2D eigenvalue weighted by atomic mass is 16.5. The normalized spacial score (nSPS) is 20.6. The summed E-state index contributed by atoms with van der Waals surface area (Å²) in [6, 6.07) is 0. The van der Waals surface area contributed by atoms with Gasteiger partial charge in [-0.15, -0.1) is 11.8 Å². The zero-order valence-electron chi connectivity index (χ0n) is 24.0. The van der Waals surface area contributed by atoms with Gasteiger partial charge in [-0.25, -0.2) is 4.79 Å². The van der Waals surface area contributed by atoms with Crippen LogP contribution in [0.15, 0.2) is 12.2 Å². The third kappa shape index (κ3) is 12.6. The van der Waals surface area contributed by atoms with Gasteiger partial charge in [-0.05, 0) is 30.6 Å². The molecule has 0 aromatic rings. The van der Waals surface area contributed by atoms with Gasteiger partial charge in [0.25, 0.3) is 11.8 Å². The number of amides is 5. The van der Waals surface area contributed by atoms with Crippen molar-refractivity contribution in [3.8, 4) is 11.8 Å². The maximum absolute atomic E-state index is 11.9. The molecule has 0 aromatic carbocycles. The number of carbonyl (C=O) groups is 5. The van der Waals surface area contributed by atoms with Gasteiger partial charge in [0, 0.05) is 64.0 Å². The van der Waals surface area contributed by atoms with Crippen molar-refractivity contribution in [1.82, 2.24) is 20.9 Å². The summed E-state index contributed by atoms with van der Waals surface area (Å²) in [5, 5.41) is 8.07. The van der Waals surface area contributed by atoms with E-state index >= 15 is 0 Å². The molecule has 3 atom stereocenters. The highest BCUT2D eigenvalue weighted by molar-refractivity contribution is 6.13. The van der Waals surface area contributed by atoms with Gasteiger partial charge in [0.1, 0.15) is 0 Å². The van der Waals surface area contributed by atoms with Crippen LogP contribution in [-0.2, 0) is 38.1 Å². The van der Waals surface area contributed by atoms with E-state index in [9.17, 15) is 24.0 Å². The first kappa shape index (κ1) is 33.0. The number of nitrogens with one attached hydrogen (secondary N) is 3. The summed E-state index contributed by atoms with van der Waals surface area (Å²) < 4.78 is 21.5. The van der Waals surface area contributed by atoms with E-state index in [1.807, 2.05) is 0 Å². The molecule has 3 rings (SSSR count). The van der Waals surface area contributed by atoms with Crippen LogP contribution in [0.4, 0.5) is 4.79 Å². The molecule has 0 aromatic heterocycles. The molecular weight excluding hydrogens is 548 g/mol. The van der Waals surface area contributed by atoms with Crippen LogP contribution in [0.25, 0.3) is 0 Å². The number of alkyl carbamates (subject to hydrolysis) is 1. The highest BCUT2D eigenvalue weighted by Gasteiger charge is 2.49. The lowest BCUT2D eigenvalue weighted by atomic mass is 10.1. The van der Waals surface area contributed by atoms with Gasteiger partial charge >= 0.3 is 6.09 Å². The summed E-state index contributed by atoms with van der Waals surface area (Å²) in [6.07, 6.45) is 6.24. The summed E-state index contributed by atoms with van der Waals surface area (Å²) >= 11 is 0. The molecule has 1 fully saturated rings. The van der Waals surface area contributed by atoms with E-state index in [1.165, 1.54) is 12.2 Å². The molecule has 1 aliphatic heterocycles. The van der Waals surface area contributed by atoms with Crippen molar-refractivity contribution in [2.24, 2.45) is 17.8 Å². The van der Waals surface area contributed by atoms with Crippen molar-refractivity contribution >= 4 is 29.7 Å². The summed E-state index contributed by atoms with van der Waals surface area (Å²) in [5.41, 5.74) is 0. The molecule has 0 radical (unpaired) electrons. The second-order valence-corrected chi connectivity index (χ2v) is 10.1. The van der Waals surface area contributed by atoms with Gasteiger partial charge in [0.15, 0.2) is 0 Å². The Labute approximate surface area is 246 Å². The monoisotopic (exact) mass is 590 g/mol. The minimum absolute atomic E-state index is 0.0300. The Kier molecular flexibility index (Phi) is 14.8. The van der Waals surface area contributed by atoms with E-state index in [0.29, 0.717) is 70.4 Å². The molecule has 13 heteroatoms. The first-order chi connectivity index (χ1) is 20.5. The fraction of sp³-hybridized carbons (Fsp3) is 0.690. The van der Waals surface area contributed by atoms with E-state index < -0.39 is 17.9 Å². The molecule has 1 unspecified atom stereocenters. The third-order valence-electron chi connectivity index (χ3n) is 7.21. The molecule has 232 valence electrons. The van der Waals surface area contributed by atoms with Crippen LogP contribution in [0.1, 0.15) is 38.5 Å². The summed E-state index contributed by atoms with van der Waals surface area (Å²) in [7, 11) is 0. The smallest absolute Gasteiger partial charge is 0.407 e. The number of carbonyl (C=O) groups excluding carboxylic acids is 5. The predicted octanol–water partition coefficient (Wildman–Crippen LogP) is 0.140. The van der Waals surface area contributed by atoms with E-state index in [-0.39, 0.29) is 44.4 Å². The second-order valence-electron chi connectivity index (χ2n) is 10.1. The SMILES string of the molecule is O=C(CCOCCOCCNC(=O)CCN1C(=O)C=CC1=O)NCCOCCNC(=O)OCC1[C@H]2CCC#CCC[C@@H]12. The fourth-order valence-electron chi connectivity index (χ4n) is 4.89. The average Bonchev–Trinajstić information content (AvgIpc) is 3.49. The Balaban J connectivity index is 1.02. The number of fused-ring (bicyclic) bond motifs is 1. The van der Waals surface area contributed by atoms with E-state index in [1.54, 1.807) is 0 Å². The van der Waals surface area contributed by atoms with Crippen molar-refractivity contribution in [3.63, 3.8) is 0 Å². The Bertz CT molecular complexity index is 986. The van der Waals surface area contributed by atoms with Crippen LogP contribution in [0.2, 0.25) is 0 Å². The van der Waals surface area contributed by atoms with E-state index in [4.69, 9.17) is 18.9 Å². The van der Waals surface area contributed by atoms with Crippen LogP contribution in [-0.4, -0.2) is 107 Å². The number of hydrogen-bond acceptors (Lipinski definition) is 9. The fourth-order valence-corrected chi connectivity index (χ4v) is 4.89. The lowest BCUT2D eigenvalue weighted by molar-refractivity contribution is -0.137. The lowest BCUT2D eigenvalue weighted by Crippen LogP contribution is -2.35. The van der Waals surface area contributed by atoms with Gasteiger partial charge in [0.2, 0.25) is 11.8 Å². The molecule has 13 nitrogen and oxygen atoms in total. The highest BCUT2D eigenvalue weighted by Crippen LogP contribution is 2.52. The first-order valence-corrected chi connectivity index (χ1v) is 14.6. The molecule has 3 aliphatic rings. The van der Waals surface area contributed by atoms with Crippen molar-refractivity contribution in [1.29, 1.82) is 0 Å². The maximum atomic E-state index is 11.9. The Morgan fingerprint density at radius 1 is 0.738 bits per heavy atom. The molecular formula is C29H42N4O9. The van der Waals surface area contributed by atoms with Crippen LogP contribution >= 0.6 is 0 Å². The predicted molar refractivity (Wildman–Crippen MR) is 150 cm³/mol. The summed E-state index contributed by atoms with van der Waals surface area (Å²) in [5.74, 6) is 6.84. The van der Waals surface area contributed by atoms with E-state index in [2.05, 4.69) is 27.8 Å². The van der Waals surface area contributed by atoms with Gasteiger partial charge in [0.05, 0.1) is 46.2 Å². The van der Waals surface area contributed by atoms with Gasteiger partial charge < -0.3 is 34.9 Å². The largest absolute Gasteiger partial charge is 0.449 e. The van der Waals surface area contributed by atoms with Crippen molar-refractivity contribution < 1.29 is 42.9 Å². The topological polar surface area (TPSA) is 162 Å². The lowest BCUT2D eigenvalue weighted by Gasteiger charge is -2.13. The van der Waals surface area contributed by atoms with Crippen molar-refractivity contribution in [3.05, 3.63) is 12.2 Å². The average molecular weight is 591 g/mol. The quantitative estimate of drug-likeness (QED) is 0.102. The Morgan fingerprint density at radius 2 is 1.26 bits per heavy atom. The molecule has 0 bridgehead atoms. The van der Waals surface area contributed by atoms with Gasteiger partial charge in [-0.3, -0.25) is 24.1 Å². The maximum Gasteiger partial charge on any atom is 0.407 e. The van der Waals surface area contributed by atoms with Crippen LogP contribution in [0, 0.1) is 29.6 Å². The molecule has 0 spiro atoms. The molecule has 0 saturated heterocycles. The first-order valence-electron chi connectivity index (χ1n) is 14.6. The number of rotatable bonds is 20. The Morgan fingerprint density at radius 3 is 1.88 bits per heavy atom. The standard InChI is InChI=1S/C29H42N4O9/c34-25(9-14-33-27(36)7-8-28(33)37)30-12-17-41-20-19-39-15-10-26(35)31-11-16-40-18-13-32-29(38)42-21-24-22-5-3-1-2-4-6-23(22)24/h7-8,22-24H,3-6,9-21H2,(H,30,34)(H,31,35)(H,32,38)/t22-,23+,24?. The minimum atomic E-state index is -0.430. The van der Waals surface area contributed by atoms with Gasteiger partial charge in [-0.1, -0.05) is 0 Å². The third-order valence-corrected chi connectivity index (χ3v) is 7.21. The van der Waals surface area contributed by atoms with Crippen molar-refractivity contribution in [2.45, 2.75) is 38.5 Å². The molecule has 5 amide bonds. The molecule has 1 saturated carbocycles. The molecule has 3 N–H and O–H groups in total. The van der Waals surface area contributed by atoms with Gasteiger partial charge in [-0.2, -0.15) is 0 Å². The number of ether oxygens (including phenoxy) is 4. The number of hydrogen-bond donors (Lipinski definition) is 3. The minimum Gasteiger partial charge on any atom is -0.449 e. The molecule has 2 aliphatic carbocycles. The van der Waals surface area contributed by atoms with Crippen LogP contribution in [0.5, 0.6) is 0 Å². The summed E-state index contributed by atoms with van der Waals surface area (Å²) in [6.45, 7) is 3.28. The van der Waals surface area contributed by atoms with Crippen LogP contribution in [0.3, 0.4) is 0 Å². The van der Waals surface area contributed by atoms with E-state index in [0.717, 1.165) is 30.6 Å². The zero-order chi connectivity index (χ0) is 30.0. The second kappa shape index (κ2) is 18.9. The van der Waals surface area contributed by atoms with Crippen LogP contribution < -0.4 is 16.0 Å². The molecule has 1 heterocycles. The number of imide groups is 1. The Hall–Kier alpha value is -3.47. The number of nitrogens with zero attached hydrogens (tertiary/aromatic N) is 1. The van der Waals surface area contributed by atoms with Crippen molar-refractivity contribution in [2.75, 3.05) is 72.4 Å². The summed E-state index contributed by atoms with van der Waals surface area (Å²) in [4.78, 5) is 59.4. The zero-order valence-corrected chi connectivity index (χ0v) is 24.0.